The van der Waals surface area contributed by atoms with Gasteiger partial charge in [-0.2, -0.15) is 0 Å². The summed E-state index contributed by atoms with van der Waals surface area (Å²) in [5, 5.41) is 0. The molecule has 3 heteroatoms. The zero-order valence-electron chi connectivity index (χ0n) is 19.0. The second kappa shape index (κ2) is 8.78. The maximum Gasteiger partial charge on any atom is 0.187 e. The van der Waals surface area contributed by atoms with Crippen LogP contribution < -0.4 is 0 Å². The van der Waals surface area contributed by atoms with Crippen LogP contribution in [0.25, 0.3) is 55.2 Å². The van der Waals surface area contributed by atoms with Crippen molar-refractivity contribution in [3.8, 4) is 39.3 Å². The number of nitrogens with zero attached hydrogens (tertiary/aromatic N) is 3. The van der Waals surface area contributed by atoms with Crippen LogP contribution in [0.1, 0.15) is 0 Å². The van der Waals surface area contributed by atoms with Gasteiger partial charge in [0.1, 0.15) is 5.82 Å². The number of rotatable bonds is 4. The fourth-order valence-corrected chi connectivity index (χ4v) is 4.57. The Morgan fingerprint density at radius 1 is 0.571 bits per heavy atom. The largest absolute Gasteiger partial charge is 0.292 e. The molecule has 0 atom stereocenters. The first-order valence-electron chi connectivity index (χ1n) is 11.5. The maximum absolute atomic E-state index is 7.48. The highest BCUT2D eigenvalue weighted by Gasteiger charge is 2.18. The number of para-hydroxylation sites is 2. The molecule has 3 nitrogen and oxygen atoms in total. The predicted molar refractivity (Wildman–Crippen MR) is 144 cm³/mol. The summed E-state index contributed by atoms with van der Waals surface area (Å²) in [7, 11) is 0. The smallest absolute Gasteiger partial charge is 0.187 e. The van der Waals surface area contributed by atoms with Gasteiger partial charge in [0.15, 0.2) is 5.69 Å². The van der Waals surface area contributed by atoms with Crippen LogP contribution in [0.15, 0.2) is 127 Å². The van der Waals surface area contributed by atoms with Crippen LogP contribution >= 0.6 is 0 Å². The Balaban J connectivity index is 1.66. The molecule has 0 unspecified atom stereocenters. The van der Waals surface area contributed by atoms with Crippen LogP contribution in [-0.4, -0.2) is 9.55 Å². The van der Waals surface area contributed by atoms with Gasteiger partial charge in [0.05, 0.1) is 23.3 Å². The van der Waals surface area contributed by atoms with Gasteiger partial charge in [0.2, 0.25) is 0 Å². The molecule has 1 heterocycles. The second-order valence-corrected chi connectivity index (χ2v) is 8.39. The van der Waals surface area contributed by atoms with Crippen molar-refractivity contribution in [2.45, 2.75) is 0 Å². The highest BCUT2D eigenvalue weighted by Crippen LogP contribution is 2.37. The average Bonchev–Trinajstić information content (AvgIpc) is 3.33. The predicted octanol–water partition coefficient (Wildman–Crippen LogP) is 8.58. The van der Waals surface area contributed by atoms with Gasteiger partial charge in [-0.25, -0.2) is 9.83 Å². The molecule has 0 aliphatic carbocycles. The Morgan fingerprint density at radius 3 is 2.03 bits per heavy atom. The van der Waals surface area contributed by atoms with Crippen LogP contribution in [0, 0.1) is 6.57 Å². The molecular formula is C32H21N3. The Bertz CT molecular complexity index is 1690. The normalized spacial score (nSPS) is 10.8. The van der Waals surface area contributed by atoms with E-state index in [1.54, 1.807) is 0 Å². The summed E-state index contributed by atoms with van der Waals surface area (Å²) in [5.74, 6) is 0.821. The van der Waals surface area contributed by atoms with Gasteiger partial charge in [-0.05, 0) is 47.0 Å². The maximum atomic E-state index is 7.48. The van der Waals surface area contributed by atoms with Crippen molar-refractivity contribution in [1.29, 1.82) is 0 Å². The summed E-state index contributed by atoms with van der Waals surface area (Å²) in [5.41, 5.74) is 9.11. The molecule has 6 aromatic rings. The van der Waals surface area contributed by atoms with Crippen LogP contribution in [-0.2, 0) is 0 Å². The van der Waals surface area contributed by atoms with Crippen molar-refractivity contribution in [1.82, 2.24) is 9.55 Å². The van der Waals surface area contributed by atoms with E-state index in [2.05, 4.69) is 82.2 Å². The van der Waals surface area contributed by atoms with E-state index in [-0.39, 0.29) is 0 Å². The second-order valence-electron chi connectivity index (χ2n) is 8.39. The fourth-order valence-electron chi connectivity index (χ4n) is 4.57. The molecule has 35 heavy (non-hydrogen) atoms. The van der Waals surface area contributed by atoms with Gasteiger partial charge in [-0.3, -0.25) is 4.57 Å². The summed E-state index contributed by atoms with van der Waals surface area (Å²) < 4.78 is 2.22. The molecule has 0 saturated carbocycles. The quantitative estimate of drug-likeness (QED) is 0.248. The first-order chi connectivity index (χ1) is 17.3. The lowest BCUT2D eigenvalue weighted by molar-refractivity contribution is 1.10. The van der Waals surface area contributed by atoms with Gasteiger partial charge in [-0.15, -0.1) is 0 Å². The summed E-state index contributed by atoms with van der Waals surface area (Å²) >= 11 is 0. The average molecular weight is 448 g/mol. The van der Waals surface area contributed by atoms with Gasteiger partial charge in [0, 0.05) is 11.1 Å². The van der Waals surface area contributed by atoms with E-state index >= 15 is 0 Å². The lowest BCUT2D eigenvalue weighted by atomic mass is 9.97. The molecule has 6 rings (SSSR count). The van der Waals surface area contributed by atoms with E-state index < -0.39 is 0 Å². The van der Waals surface area contributed by atoms with E-state index in [4.69, 9.17) is 11.6 Å². The Hall–Kier alpha value is -4.94. The summed E-state index contributed by atoms with van der Waals surface area (Å²) in [6.07, 6.45) is 0. The van der Waals surface area contributed by atoms with E-state index in [1.165, 1.54) is 5.56 Å². The number of imidazole rings is 1. The lowest BCUT2D eigenvalue weighted by Gasteiger charge is -2.17. The topological polar surface area (TPSA) is 22.2 Å². The minimum atomic E-state index is 0.601. The van der Waals surface area contributed by atoms with Gasteiger partial charge in [-0.1, -0.05) is 97.1 Å². The first kappa shape index (κ1) is 20.7. The van der Waals surface area contributed by atoms with Crippen molar-refractivity contribution in [2.75, 3.05) is 0 Å². The van der Waals surface area contributed by atoms with Crippen molar-refractivity contribution in [2.24, 2.45) is 0 Å². The molecule has 1 aromatic heterocycles. The molecular weight excluding hydrogens is 426 g/mol. The molecule has 0 saturated heterocycles. The van der Waals surface area contributed by atoms with Gasteiger partial charge >= 0.3 is 0 Å². The SMILES string of the molecule is [C-]#[N+]c1cccc(-c2nc3ccccc3n2-c2ccc(-c3ccccc3)cc2-c2ccccc2)c1. The molecule has 0 radical (unpaired) electrons. The zero-order chi connectivity index (χ0) is 23.6. The third-order valence-corrected chi connectivity index (χ3v) is 6.22. The van der Waals surface area contributed by atoms with Crippen molar-refractivity contribution >= 4 is 16.7 Å². The number of hydrogen-bond donors (Lipinski definition) is 0. The fraction of sp³-hybridized carbons (Fsp3) is 0. The lowest BCUT2D eigenvalue weighted by Crippen LogP contribution is -2.00. The number of fused-ring (bicyclic) bond motifs is 1. The van der Waals surface area contributed by atoms with Crippen LogP contribution in [0.4, 0.5) is 5.69 Å². The summed E-state index contributed by atoms with van der Waals surface area (Å²) in [4.78, 5) is 8.65. The van der Waals surface area contributed by atoms with Crippen LogP contribution in [0.2, 0.25) is 0 Å². The molecule has 5 aromatic carbocycles. The highest BCUT2D eigenvalue weighted by molar-refractivity contribution is 5.88. The minimum absolute atomic E-state index is 0.601. The van der Waals surface area contributed by atoms with Gasteiger partial charge in [0.25, 0.3) is 0 Å². The highest BCUT2D eigenvalue weighted by atomic mass is 15.1. The Morgan fingerprint density at radius 2 is 1.26 bits per heavy atom. The molecule has 0 bridgehead atoms. The van der Waals surface area contributed by atoms with E-state index in [0.29, 0.717) is 5.69 Å². The summed E-state index contributed by atoms with van der Waals surface area (Å²) in [6.45, 7) is 7.48. The van der Waals surface area contributed by atoms with Crippen molar-refractivity contribution in [3.05, 3.63) is 139 Å². The Kier molecular flexibility index (Phi) is 5.18. The first-order valence-corrected chi connectivity index (χ1v) is 11.5. The third-order valence-electron chi connectivity index (χ3n) is 6.22. The molecule has 0 amide bonds. The van der Waals surface area contributed by atoms with Crippen LogP contribution in [0.5, 0.6) is 0 Å². The zero-order valence-corrected chi connectivity index (χ0v) is 19.0. The standard InChI is InChI=1S/C32H21N3/c1-33-27-16-10-15-26(21-27)32-34-29-17-8-9-18-31(29)35(32)30-20-19-25(23-11-4-2-5-12-23)22-28(30)24-13-6-3-7-14-24/h2-22H. The Labute approximate surface area is 204 Å². The van der Waals surface area contributed by atoms with E-state index in [1.807, 2.05) is 54.6 Å². The molecule has 0 N–H and O–H groups in total. The minimum Gasteiger partial charge on any atom is -0.292 e. The van der Waals surface area contributed by atoms with Gasteiger partial charge < -0.3 is 0 Å². The van der Waals surface area contributed by atoms with Crippen molar-refractivity contribution < 1.29 is 0 Å². The monoisotopic (exact) mass is 447 g/mol. The number of aromatic nitrogens is 2. The van der Waals surface area contributed by atoms with E-state index in [9.17, 15) is 0 Å². The molecule has 0 aliphatic rings. The molecule has 0 fully saturated rings. The molecule has 0 aliphatic heterocycles. The van der Waals surface area contributed by atoms with E-state index in [0.717, 1.165) is 44.8 Å². The third kappa shape index (κ3) is 3.78. The molecule has 0 spiro atoms. The number of hydrogen-bond acceptors (Lipinski definition) is 1. The number of benzene rings is 5. The van der Waals surface area contributed by atoms with Crippen molar-refractivity contribution in [3.63, 3.8) is 0 Å². The summed E-state index contributed by atoms with van der Waals surface area (Å²) in [6, 6.07) is 43.4. The molecule has 164 valence electrons. The van der Waals surface area contributed by atoms with Crippen LogP contribution in [0.3, 0.4) is 0 Å².